The molecule has 0 unspecified atom stereocenters. The fourth-order valence-electron chi connectivity index (χ4n) is 21.7. The maximum absolute atomic E-state index is 2.44. The van der Waals surface area contributed by atoms with Gasteiger partial charge < -0.3 is 18.3 Å². The number of benzene rings is 20. The summed E-state index contributed by atoms with van der Waals surface area (Å²) in [5, 5.41) is 9.92. The second-order valence-corrected chi connectivity index (χ2v) is 36.3. The Morgan fingerprint density at radius 3 is 0.554 bits per heavy atom. The molecule has 0 radical (unpaired) electrons. The summed E-state index contributed by atoms with van der Waals surface area (Å²) in [6.45, 7) is 9.46. The van der Waals surface area contributed by atoms with E-state index in [1.165, 1.54) is 221 Å². The summed E-state index contributed by atoms with van der Waals surface area (Å²) in [5.41, 5.74) is 44.5. The summed E-state index contributed by atoms with van der Waals surface area (Å²) in [4.78, 5) is 0. The van der Waals surface area contributed by atoms with Gasteiger partial charge >= 0.3 is 0 Å². The standard InChI is InChI=1S/C66H48N2.C60H40N2/c1-65(2)57-21-13-11-19-49(57)51-29-23-45(39-59(51)65)43-27-33-63-55(37-43)53-35-41(25-31-61(53)67(63)47-15-7-5-8-16-47)42-26-32-62-54(36-42)56-38-44(28-34-64(56)68(62)48-17-9-6-10-18-48)46-24-30-52-50-20-12-14-22-58(50)66(3,4)60(52)40-46;1-5-13-41(14-6-1)45-21-29-51(30-22-45)61-57-33-25-47(43-17-9-3-10-18-43)37-53(57)55-39-49(27-35-59(55)61)50-28-36-60-56(40-50)54-38-48(44-19-11-4-12-20-44)26-34-58(54)62(60)52-31-23-46(24-32-52)42-15-7-2-8-16-42/h5-40H,1-4H3;1-40H. The van der Waals surface area contributed by atoms with Crippen LogP contribution < -0.4 is 0 Å². The molecule has 20 aromatic carbocycles. The van der Waals surface area contributed by atoms with E-state index >= 15 is 0 Å². The van der Waals surface area contributed by atoms with Crippen molar-refractivity contribution in [1.82, 2.24) is 18.3 Å². The fourth-order valence-corrected chi connectivity index (χ4v) is 21.7. The van der Waals surface area contributed by atoms with Crippen molar-refractivity contribution in [3.63, 3.8) is 0 Å². The van der Waals surface area contributed by atoms with Crippen molar-refractivity contribution in [2.24, 2.45) is 0 Å². The first-order chi connectivity index (χ1) is 63.9. The molecule has 130 heavy (non-hydrogen) atoms. The lowest BCUT2D eigenvalue weighted by atomic mass is 9.81. The van der Waals surface area contributed by atoms with Crippen molar-refractivity contribution >= 4 is 87.2 Å². The third-order valence-corrected chi connectivity index (χ3v) is 28.3. The lowest BCUT2D eigenvalue weighted by Crippen LogP contribution is -2.14. The molecule has 4 aromatic heterocycles. The number of para-hydroxylation sites is 2. The summed E-state index contributed by atoms with van der Waals surface area (Å²) < 4.78 is 9.70. The Balaban J connectivity index is 0.000000141. The Kier molecular flexibility index (Phi) is 17.7. The normalized spacial score (nSPS) is 12.9. The van der Waals surface area contributed by atoms with Crippen LogP contribution >= 0.6 is 0 Å². The Bertz CT molecular complexity index is 8140. The summed E-state index contributed by atoms with van der Waals surface area (Å²) in [5.74, 6) is 0. The molecule has 0 atom stereocenters. The quantitative estimate of drug-likeness (QED) is 0.116. The Hall–Kier alpha value is -16.4. The van der Waals surface area contributed by atoms with Crippen LogP contribution in [-0.4, -0.2) is 18.3 Å². The maximum Gasteiger partial charge on any atom is 0.0541 e. The van der Waals surface area contributed by atoms with Gasteiger partial charge in [0.05, 0.1) is 44.1 Å². The third-order valence-electron chi connectivity index (χ3n) is 28.3. The number of hydrogen-bond acceptors (Lipinski definition) is 0. The second kappa shape index (κ2) is 30.2. The molecule has 612 valence electrons. The van der Waals surface area contributed by atoms with Crippen LogP contribution in [0.25, 0.3) is 221 Å². The van der Waals surface area contributed by atoms with Crippen LogP contribution in [0.15, 0.2) is 461 Å². The molecular weight excluding hydrogens is 1570 g/mol. The molecule has 0 bridgehead atoms. The molecule has 0 saturated heterocycles. The van der Waals surface area contributed by atoms with E-state index in [0.29, 0.717) is 0 Å². The van der Waals surface area contributed by atoms with Gasteiger partial charge in [-0.2, -0.15) is 0 Å². The predicted molar refractivity (Wildman–Crippen MR) is 549 cm³/mol. The van der Waals surface area contributed by atoms with Crippen LogP contribution in [0.4, 0.5) is 0 Å². The first kappa shape index (κ1) is 76.1. The van der Waals surface area contributed by atoms with E-state index in [1.54, 1.807) is 0 Å². The van der Waals surface area contributed by atoms with E-state index in [4.69, 9.17) is 0 Å². The smallest absolute Gasteiger partial charge is 0.0541 e. The molecule has 24 aromatic rings. The predicted octanol–water partition coefficient (Wildman–Crippen LogP) is 33.7. The van der Waals surface area contributed by atoms with Gasteiger partial charge in [0.15, 0.2) is 0 Å². The SMILES string of the molecule is CC1(C)c2ccccc2-c2ccc(-c3ccc4c(c3)c3cc(-c5ccc6c(c5)c5cc(-c7ccc8c(c7)C(C)(C)c7ccccc7-8)ccc5n6-c5ccccc5)ccc3n4-c3ccccc3)cc21.c1ccc(-c2ccc(-n3c4ccc(-c5ccccc5)cc4c4cc(-c5ccc6c(c5)c5cc(-c7ccccc7)ccc5n6-c5ccc(-c6ccccc6)cc5)ccc43)cc2)cc1. The molecule has 26 rings (SSSR count). The van der Waals surface area contributed by atoms with Gasteiger partial charge in [-0.05, 0) is 291 Å². The van der Waals surface area contributed by atoms with Crippen LogP contribution in [0.1, 0.15) is 49.9 Å². The van der Waals surface area contributed by atoms with E-state index in [-0.39, 0.29) is 10.8 Å². The molecule has 4 nitrogen and oxygen atoms in total. The van der Waals surface area contributed by atoms with Gasteiger partial charge in [-0.3, -0.25) is 0 Å². The zero-order valence-corrected chi connectivity index (χ0v) is 72.7. The largest absolute Gasteiger partial charge is 0.309 e. The van der Waals surface area contributed by atoms with Crippen molar-refractivity contribution in [1.29, 1.82) is 0 Å². The highest BCUT2D eigenvalue weighted by Gasteiger charge is 2.37. The molecule has 2 aliphatic rings. The van der Waals surface area contributed by atoms with Crippen LogP contribution in [0.2, 0.25) is 0 Å². The zero-order chi connectivity index (χ0) is 86.5. The average Bonchev–Trinajstić information content (AvgIpc) is 1.58. The molecule has 0 N–H and O–H groups in total. The number of nitrogens with zero attached hydrogens (tertiary/aromatic N) is 4. The summed E-state index contributed by atoms with van der Waals surface area (Å²) in [6, 6.07) is 170. The Morgan fingerprint density at radius 2 is 0.300 bits per heavy atom. The summed E-state index contributed by atoms with van der Waals surface area (Å²) in [7, 11) is 0. The minimum Gasteiger partial charge on any atom is -0.309 e. The lowest BCUT2D eigenvalue weighted by Gasteiger charge is -2.22. The van der Waals surface area contributed by atoms with Crippen LogP contribution in [0, 0.1) is 0 Å². The van der Waals surface area contributed by atoms with Gasteiger partial charge in [-0.15, -0.1) is 0 Å². The van der Waals surface area contributed by atoms with Crippen molar-refractivity contribution < 1.29 is 0 Å². The number of fused-ring (bicyclic) bond motifs is 18. The highest BCUT2D eigenvalue weighted by Crippen LogP contribution is 2.53. The molecule has 0 amide bonds. The Labute approximate surface area is 756 Å². The van der Waals surface area contributed by atoms with Crippen molar-refractivity contribution in [2.45, 2.75) is 38.5 Å². The van der Waals surface area contributed by atoms with Gasteiger partial charge in [0, 0.05) is 76.7 Å². The van der Waals surface area contributed by atoms with Gasteiger partial charge in [-0.25, -0.2) is 0 Å². The summed E-state index contributed by atoms with van der Waals surface area (Å²) >= 11 is 0. The van der Waals surface area contributed by atoms with Crippen LogP contribution in [0.3, 0.4) is 0 Å². The first-order valence-corrected chi connectivity index (χ1v) is 45.3. The van der Waals surface area contributed by atoms with E-state index in [1.807, 2.05) is 0 Å². The topological polar surface area (TPSA) is 19.7 Å². The molecule has 4 heteroatoms. The zero-order valence-electron chi connectivity index (χ0n) is 72.7. The monoisotopic (exact) mass is 1660 g/mol. The summed E-state index contributed by atoms with van der Waals surface area (Å²) in [6.07, 6.45) is 0. The minimum absolute atomic E-state index is 0.0632. The number of rotatable bonds is 12. The molecule has 0 saturated carbocycles. The molecule has 4 heterocycles. The van der Waals surface area contributed by atoms with Crippen molar-refractivity contribution in [3.8, 4) is 134 Å². The third kappa shape index (κ3) is 12.4. The van der Waals surface area contributed by atoms with E-state index < -0.39 is 0 Å². The van der Waals surface area contributed by atoms with Crippen molar-refractivity contribution in [2.75, 3.05) is 0 Å². The van der Waals surface area contributed by atoms with E-state index in [2.05, 4.69) is 507 Å². The highest BCUT2D eigenvalue weighted by molar-refractivity contribution is 6.17. The molecule has 0 fully saturated rings. The van der Waals surface area contributed by atoms with E-state index in [9.17, 15) is 0 Å². The van der Waals surface area contributed by atoms with Crippen LogP contribution in [-0.2, 0) is 10.8 Å². The maximum atomic E-state index is 2.44. The number of aromatic nitrogens is 4. The lowest BCUT2D eigenvalue weighted by molar-refractivity contribution is 0.660. The molecule has 2 aliphatic carbocycles. The second-order valence-electron chi connectivity index (χ2n) is 36.3. The van der Waals surface area contributed by atoms with Crippen LogP contribution in [0.5, 0.6) is 0 Å². The molecular formula is C126H88N4. The number of hydrogen-bond donors (Lipinski definition) is 0. The Morgan fingerprint density at radius 1 is 0.131 bits per heavy atom. The minimum atomic E-state index is -0.0632. The van der Waals surface area contributed by atoms with Gasteiger partial charge in [0.1, 0.15) is 0 Å². The average molecular weight is 1660 g/mol. The highest BCUT2D eigenvalue weighted by atomic mass is 15.0. The first-order valence-electron chi connectivity index (χ1n) is 45.3. The van der Waals surface area contributed by atoms with Gasteiger partial charge in [0.2, 0.25) is 0 Å². The fraction of sp³-hybridized carbons (Fsp3) is 0.0476. The van der Waals surface area contributed by atoms with Gasteiger partial charge in [-0.1, -0.05) is 331 Å². The van der Waals surface area contributed by atoms with E-state index in [0.717, 1.165) is 22.7 Å². The van der Waals surface area contributed by atoms with Gasteiger partial charge in [0.25, 0.3) is 0 Å². The molecule has 0 spiro atoms. The molecule has 0 aliphatic heterocycles. The van der Waals surface area contributed by atoms with Crippen molar-refractivity contribution in [3.05, 3.63) is 483 Å².